The van der Waals surface area contributed by atoms with Crippen molar-refractivity contribution in [3.05, 3.63) is 12.2 Å². The summed E-state index contributed by atoms with van der Waals surface area (Å²) in [7, 11) is 0. The van der Waals surface area contributed by atoms with Gasteiger partial charge in [-0.15, -0.1) is 0 Å². The van der Waals surface area contributed by atoms with E-state index in [9.17, 15) is 4.79 Å². The van der Waals surface area contributed by atoms with Crippen LogP contribution in [0.15, 0.2) is 12.2 Å². The molecule has 0 aromatic heterocycles. The van der Waals surface area contributed by atoms with Crippen LogP contribution in [-0.4, -0.2) is 37.7 Å². The lowest BCUT2D eigenvalue weighted by Crippen LogP contribution is -2.22. The second-order valence-corrected chi connectivity index (χ2v) is 4.28. The molecule has 0 amide bonds. The minimum absolute atomic E-state index is 0.267. The van der Waals surface area contributed by atoms with Crippen molar-refractivity contribution in [1.29, 1.82) is 0 Å². The molecule has 0 saturated carbocycles. The molecular formula is C11H21NO2S. The lowest BCUT2D eigenvalue weighted by Gasteiger charge is -2.09. The molecule has 15 heavy (non-hydrogen) atoms. The molecule has 88 valence electrons. The van der Waals surface area contributed by atoms with Gasteiger partial charge in [0.15, 0.2) is 0 Å². The largest absolute Gasteiger partial charge is 0.463 e. The molecule has 0 aliphatic rings. The standard InChI is InChI=1S/C11H21NO2S/c1-4-14-11(13)6-5-7-12-8-10(2)9-15-3/h5-6,10,12H,4,7-9H2,1-3H3/b6-5+. The van der Waals surface area contributed by atoms with Crippen molar-refractivity contribution in [2.75, 3.05) is 31.7 Å². The third-order valence-electron chi connectivity index (χ3n) is 1.75. The molecule has 1 unspecified atom stereocenters. The lowest BCUT2D eigenvalue weighted by molar-refractivity contribution is -0.137. The van der Waals surface area contributed by atoms with E-state index >= 15 is 0 Å². The van der Waals surface area contributed by atoms with Crippen molar-refractivity contribution in [2.45, 2.75) is 13.8 Å². The lowest BCUT2D eigenvalue weighted by atomic mass is 10.2. The van der Waals surface area contributed by atoms with Crippen molar-refractivity contribution in [2.24, 2.45) is 5.92 Å². The third kappa shape index (κ3) is 9.82. The zero-order valence-electron chi connectivity index (χ0n) is 9.79. The van der Waals surface area contributed by atoms with Crippen LogP contribution < -0.4 is 5.32 Å². The van der Waals surface area contributed by atoms with Crippen molar-refractivity contribution in [1.82, 2.24) is 5.32 Å². The third-order valence-corrected chi connectivity index (χ3v) is 2.65. The Morgan fingerprint density at radius 2 is 2.33 bits per heavy atom. The van der Waals surface area contributed by atoms with Crippen molar-refractivity contribution >= 4 is 17.7 Å². The normalized spacial score (nSPS) is 13.0. The topological polar surface area (TPSA) is 38.3 Å². The minimum Gasteiger partial charge on any atom is -0.463 e. The van der Waals surface area contributed by atoms with Crippen LogP contribution in [0.4, 0.5) is 0 Å². The molecule has 1 atom stereocenters. The predicted octanol–water partition coefficient (Wildman–Crippen LogP) is 1.69. The quantitative estimate of drug-likeness (QED) is 0.392. The smallest absolute Gasteiger partial charge is 0.330 e. The van der Waals surface area contributed by atoms with Crippen molar-refractivity contribution < 1.29 is 9.53 Å². The fraction of sp³-hybridized carbons (Fsp3) is 0.727. The highest BCUT2D eigenvalue weighted by Gasteiger charge is 1.98. The van der Waals surface area contributed by atoms with E-state index in [0.717, 1.165) is 18.8 Å². The molecule has 0 aliphatic carbocycles. The molecule has 1 N–H and O–H groups in total. The Hall–Kier alpha value is -0.480. The van der Waals surface area contributed by atoms with Gasteiger partial charge in [0.25, 0.3) is 0 Å². The van der Waals surface area contributed by atoms with Gasteiger partial charge < -0.3 is 10.1 Å². The predicted molar refractivity (Wildman–Crippen MR) is 66.2 cm³/mol. The van der Waals surface area contributed by atoms with Gasteiger partial charge >= 0.3 is 5.97 Å². The molecule has 0 bridgehead atoms. The first kappa shape index (κ1) is 14.5. The number of hydrogen-bond acceptors (Lipinski definition) is 4. The molecule has 0 aromatic rings. The molecule has 0 rings (SSSR count). The van der Waals surface area contributed by atoms with E-state index in [4.69, 9.17) is 4.74 Å². The molecule has 0 heterocycles. The fourth-order valence-electron chi connectivity index (χ4n) is 1.10. The van der Waals surface area contributed by atoms with Gasteiger partial charge in [0, 0.05) is 12.6 Å². The van der Waals surface area contributed by atoms with Crippen LogP contribution in [0.25, 0.3) is 0 Å². The number of carbonyl (C=O) groups excluding carboxylic acids is 1. The van der Waals surface area contributed by atoms with E-state index in [2.05, 4.69) is 18.5 Å². The van der Waals surface area contributed by atoms with E-state index in [1.54, 1.807) is 13.0 Å². The summed E-state index contributed by atoms with van der Waals surface area (Å²) in [5.41, 5.74) is 0. The first-order chi connectivity index (χ1) is 7.20. The number of rotatable bonds is 8. The highest BCUT2D eigenvalue weighted by molar-refractivity contribution is 7.98. The number of carbonyl (C=O) groups is 1. The summed E-state index contributed by atoms with van der Waals surface area (Å²) in [6.45, 7) is 6.14. The summed E-state index contributed by atoms with van der Waals surface area (Å²) < 4.78 is 4.75. The monoisotopic (exact) mass is 231 g/mol. The minimum atomic E-state index is -0.267. The van der Waals surface area contributed by atoms with Crippen molar-refractivity contribution in [3.8, 4) is 0 Å². The Morgan fingerprint density at radius 1 is 1.60 bits per heavy atom. The zero-order valence-corrected chi connectivity index (χ0v) is 10.6. The van der Waals surface area contributed by atoms with E-state index in [-0.39, 0.29) is 5.97 Å². The summed E-state index contributed by atoms with van der Waals surface area (Å²) in [6, 6.07) is 0. The van der Waals surface area contributed by atoms with Crippen molar-refractivity contribution in [3.63, 3.8) is 0 Å². The molecule has 0 fully saturated rings. The second-order valence-electron chi connectivity index (χ2n) is 3.37. The average molecular weight is 231 g/mol. The maximum absolute atomic E-state index is 10.9. The Kier molecular flexibility index (Phi) is 9.73. The van der Waals surface area contributed by atoms with E-state index in [1.807, 2.05) is 11.8 Å². The molecular weight excluding hydrogens is 210 g/mol. The van der Waals surface area contributed by atoms with Crippen LogP contribution in [0.1, 0.15) is 13.8 Å². The first-order valence-corrected chi connectivity index (χ1v) is 6.63. The van der Waals surface area contributed by atoms with Crippen LogP contribution in [0.2, 0.25) is 0 Å². The molecule has 0 aromatic carbocycles. The van der Waals surface area contributed by atoms with Gasteiger partial charge in [0.2, 0.25) is 0 Å². The van der Waals surface area contributed by atoms with Gasteiger partial charge in [0.1, 0.15) is 0 Å². The van der Waals surface area contributed by atoms with Gasteiger partial charge in [-0.25, -0.2) is 4.79 Å². The summed E-state index contributed by atoms with van der Waals surface area (Å²) in [6.07, 6.45) is 5.37. The molecule has 0 saturated heterocycles. The number of thioether (sulfide) groups is 1. The zero-order chi connectivity index (χ0) is 11.5. The maximum Gasteiger partial charge on any atom is 0.330 e. The summed E-state index contributed by atoms with van der Waals surface area (Å²) in [5, 5.41) is 3.26. The average Bonchev–Trinajstić information content (AvgIpc) is 2.18. The van der Waals surface area contributed by atoms with Gasteiger partial charge in [-0.1, -0.05) is 13.0 Å². The Balaban J connectivity index is 3.41. The van der Waals surface area contributed by atoms with Crippen LogP contribution in [0.3, 0.4) is 0 Å². The van der Waals surface area contributed by atoms with Crippen LogP contribution in [0, 0.1) is 5.92 Å². The molecule has 0 spiro atoms. The van der Waals surface area contributed by atoms with Gasteiger partial charge in [0.05, 0.1) is 6.61 Å². The molecule has 3 nitrogen and oxygen atoms in total. The van der Waals surface area contributed by atoms with Crippen LogP contribution in [0.5, 0.6) is 0 Å². The SMILES string of the molecule is CCOC(=O)/C=C/CNCC(C)CSC. The molecule has 4 heteroatoms. The van der Waals surface area contributed by atoms with E-state index in [0.29, 0.717) is 12.5 Å². The van der Waals surface area contributed by atoms with Crippen LogP contribution in [-0.2, 0) is 9.53 Å². The van der Waals surface area contributed by atoms with Gasteiger partial charge in [-0.05, 0) is 31.4 Å². The Bertz CT molecular complexity index is 195. The first-order valence-electron chi connectivity index (χ1n) is 5.23. The molecule has 0 aliphatic heterocycles. The molecule has 0 radical (unpaired) electrons. The summed E-state index contributed by atoms with van der Waals surface area (Å²) in [5.74, 6) is 1.56. The van der Waals surface area contributed by atoms with Gasteiger partial charge in [-0.3, -0.25) is 0 Å². The summed E-state index contributed by atoms with van der Waals surface area (Å²) >= 11 is 1.85. The van der Waals surface area contributed by atoms with Crippen LogP contribution >= 0.6 is 11.8 Å². The second kappa shape index (κ2) is 10.1. The maximum atomic E-state index is 10.9. The Morgan fingerprint density at radius 3 is 2.93 bits per heavy atom. The number of esters is 1. The Labute approximate surface area is 96.6 Å². The fourth-order valence-corrected chi connectivity index (χ4v) is 1.79. The number of ether oxygens (including phenoxy) is 1. The highest BCUT2D eigenvalue weighted by Crippen LogP contribution is 2.02. The summed E-state index contributed by atoms with van der Waals surface area (Å²) in [4.78, 5) is 10.9. The highest BCUT2D eigenvalue weighted by atomic mass is 32.2. The number of hydrogen-bond donors (Lipinski definition) is 1. The van der Waals surface area contributed by atoms with E-state index < -0.39 is 0 Å². The number of nitrogens with one attached hydrogen (secondary N) is 1. The van der Waals surface area contributed by atoms with E-state index in [1.165, 1.54) is 6.08 Å². The van der Waals surface area contributed by atoms with Gasteiger partial charge in [-0.2, -0.15) is 11.8 Å².